The Morgan fingerprint density at radius 3 is 2.26 bits per heavy atom. The highest BCUT2D eigenvalue weighted by Crippen LogP contribution is 2.30. The van der Waals surface area contributed by atoms with Crippen LogP contribution >= 0.6 is 0 Å². The number of carbonyl (C=O) groups is 3. The number of rotatable bonds is 10. The number of ether oxygens (including phenoxy) is 2. The van der Waals surface area contributed by atoms with Gasteiger partial charge in [-0.05, 0) is 57.3 Å². The smallest absolute Gasteiger partial charge is 0.319 e. The fraction of sp³-hybridized carbons (Fsp3) is 0.244. The highest BCUT2D eigenvalue weighted by atomic mass is 16.5. The molecular weight excluding hydrogens is 628 g/mol. The predicted molar refractivity (Wildman–Crippen MR) is 191 cm³/mol. The lowest BCUT2D eigenvalue weighted by Crippen LogP contribution is -2.72. The maximum atomic E-state index is 14.2. The van der Waals surface area contributed by atoms with E-state index in [1.54, 1.807) is 16.9 Å². The van der Waals surface area contributed by atoms with Crippen molar-refractivity contribution in [2.24, 2.45) is 0 Å². The van der Waals surface area contributed by atoms with E-state index in [2.05, 4.69) is 23.5 Å². The molecule has 0 radical (unpaired) electrons. The second-order valence-electron chi connectivity index (χ2n) is 12.7. The van der Waals surface area contributed by atoms with Crippen LogP contribution in [-0.2, 0) is 35.7 Å². The van der Waals surface area contributed by atoms with Gasteiger partial charge in [-0.1, -0.05) is 97.1 Å². The third-order valence-electron chi connectivity index (χ3n) is 9.56. The normalized spacial score (nSPS) is 17.4. The fourth-order valence-corrected chi connectivity index (χ4v) is 6.91. The molecule has 0 aliphatic carbocycles. The monoisotopic (exact) mass is 668 g/mol. The van der Waals surface area contributed by atoms with Crippen molar-refractivity contribution in [2.45, 2.75) is 44.7 Å². The standard InChI is InChI=1S/C41H40N4O5/c1-49-34-18-16-31(17-19-34)28-50-35-20-14-30(15-21-35)25-42-41(48)44-23-22-39(46)45-37(24-29-8-3-2-4-9-29)40(47)43(27-38(44)45)26-33-12-7-11-32-10-5-6-13-36(32)33/h2-21,37-38H,22-28H2,1H3,(H,42,48)/t37-,38+/m0/s1. The van der Waals surface area contributed by atoms with Gasteiger partial charge in [0.15, 0.2) is 0 Å². The van der Waals surface area contributed by atoms with E-state index < -0.39 is 12.2 Å². The first-order valence-corrected chi connectivity index (χ1v) is 17.0. The molecule has 5 aromatic carbocycles. The molecule has 7 rings (SSSR count). The van der Waals surface area contributed by atoms with Crippen LogP contribution in [-0.4, -0.2) is 65.0 Å². The van der Waals surface area contributed by atoms with Crippen molar-refractivity contribution in [2.75, 3.05) is 20.2 Å². The van der Waals surface area contributed by atoms with Crippen molar-refractivity contribution >= 4 is 28.6 Å². The zero-order chi connectivity index (χ0) is 34.5. The van der Waals surface area contributed by atoms with Crippen molar-refractivity contribution < 1.29 is 23.9 Å². The number of urea groups is 1. The van der Waals surface area contributed by atoms with Crippen molar-refractivity contribution in [3.63, 3.8) is 0 Å². The molecule has 50 heavy (non-hydrogen) atoms. The summed E-state index contributed by atoms with van der Waals surface area (Å²) in [5.41, 5.74) is 3.93. The Labute approximate surface area is 292 Å². The van der Waals surface area contributed by atoms with Crippen LogP contribution in [0.4, 0.5) is 4.79 Å². The quantitative estimate of drug-likeness (QED) is 0.193. The molecule has 9 heteroatoms. The zero-order valence-electron chi connectivity index (χ0n) is 28.0. The zero-order valence-corrected chi connectivity index (χ0v) is 28.0. The van der Waals surface area contributed by atoms with E-state index in [1.807, 2.05) is 108 Å². The lowest BCUT2D eigenvalue weighted by Gasteiger charge is -2.52. The number of fused-ring (bicyclic) bond motifs is 2. The molecule has 2 aliphatic heterocycles. The Bertz CT molecular complexity index is 1960. The molecule has 9 nitrogen and oxygen atoms in total. The molecule has 2 heterocycles. The van der Waals surface area contributed by atoms with Crippen LogP contribution in [0.25, 0.3) is 10.8 Å². The number of hydrogen-bond donors (Lipinski definition) is 1. The van der Waals surface area contributed by atoms with Crippen LogP contribution in [0.1, 0.15) is 28.7 Å². The summed E-state index contributed by atoms with van der Waals surface area (Å²) in [6, 6.07) is 38.4. The van der Waals surface area contributed by atoms with Crippen LogP contribution in [0.15, 0.2) is 121 Å². The summed E-state index contributed by atoms with van der Waals surface area (Å²) in [4.78, 5) is 46.8. The summed E-state index contributed by atoms with van der Waals surface area (Å²) in [7, 11) is 1.64. The van der Waals surface area contributed by atoms with Gasteiger partial charge in [-0.3, -0.25) is 9.59 Å². The van der Waals surface area contributed by atoms with Crippen molar-refractivity contribution in [3.8, 4) is 11.5 Å². The molecule has 0 unspecified atom stereocenters. The molecular formula is C41H40N4O5. The van der Waals surface area contributed by atoms with E-state index >= 15 is 0 Å². The number of amides is 4. The van der Waals surface area contributed by atoms with Crippen molar-refractivity contribution in [3.05, 3.63) is 144 Å². The van der Waals surface area contributed by atoms with Gasteiger partial charge in [-0.25, -0.2) is 4.79 Å². The second kappa shape index (κ2) is 14.7. The minimum absolute atomic E-state index is 0.108. The molecule has 4 amide bonds. The average Bonchev–Trinajstić information content (AvgIpc) is 3.16. The Balaban J connectivity index is 1.06. The summed E-state index contributed by atoms with van der Waals surface area (Å²) < 4.78 is 11.2. The van der Waals surface area contributed by atoms with Crippen LogP contribution in [0.2, 0.25) is 0 Å². The Morgan fingerprint density at radius 2 is 1.48 bits per heavy atom. The van der Waals surface area contributed by atoms with Crippen LogP contribution in [0.5, 0.6) is 11.5 Å². The number of nitrogens with zero attached hydrogens (tertiary/aromatic N) is 3. The topological polar surface area (TPSA) is 91.4 Å². The Morgan fingerprint density at radius 1 is 0.780 bits per heavy atom. The summed E-state index contributed by atoms with van der Waals surface area (Å²) >= 11 is 0. The Kier molecular flexibility index (Phi) is 9.64. The summed E-state index contributed by atoms with van der Waals surface area (Å²) in [5, 5.41) is 5.24. The first kappa shape index (κ1) is 32.7. The van der Waals surface area contributed by atoms with Gasteiger partial charge >= 0.3 is 6.03 Å². The number of nitrogens with one attached hydrogen (secondary N) is 1. The minimum Gasteiger partial charge on any atom is -0.497 e. The highest BCUT2D eigenvalue weighted by Gasteiger charge is 2.48. The molecule has 2 atom stereocenters. The number of hydrogen-bond acceptors (Lipinski definition) is 5. The Hall–Kier alpha value is -5.83. The molecule has 0 bridgehead atoms. The second-order valence-corrected chi connectivity index (χ2v) is 12.7. The van der Waals surface area contributed by atoms with E-state index in [4.69, 9.17) is 9.47 Å². The fourth-order valence-electron chi connectivity index (χ4n) is 6.91. The van der Waals surface area contributed by atoms with E-state index in [0.717, 1.165) is 44.5 Å². The molecule has 2 fully saturated rings. The third kappa shape index (κ3) is 7.12. The number of piperazine rings is 1. The summed E-state index contributed by atoms with van der Waals surface area (Å²) in [5.74, 6) is 1.31. The lowest BCUT2D eigenvalue weighted by atomic mass is 9.96. The van der Waals surface area contributed by atoms with E-state index in [9.17, 15) is 14.4 Å². The lowest BCUT2D eigenvalue weighted by molar-refractivity contribution is -0.167. The molecule has 2 saturated heterocycles. The summed E-state index contributed by atoms with van der Waals surface area (Å²) in [6.45, 7) is 1.62. The minimum atomic E-state index is -0.723. The van der Waals surface area contributed by atoms with Gasteiger partial charge in [0, 0.05) is 32.5 Å². The van der Waals surface area contributed by atoms with Gasteiger partial charge in [0.2, 0.25) is 11.8 Å². The van der Waals surface area contributed by atoms with Gasteiger partial charge in [0.05, 0.1) is 13.7 Å². The van der Waals surface area contributed by atoms with Crippen molar-refractivity contribution in [1.29, 1.82) is 0 Å². The van der Waals surface area contributed by atoms with Crippen molar-refractivity contribution in [1.82, 2.24) is 20.0 Å². The van der Waals surface area contributed by atoms with Crippen LogP contribution < -0.4 is 14.8 Å². The number of carbonyl (C=O) groups excluding carboxylic acids is 3. The van der Waals surface area contributed by atoms with Crippen LogP contribution in [0, 0.1) is 0 Å². The first-order valence-electron chi connectivity index (χ1n) is 17.0. The molecule has 5 aromatic rings. The van der Waals surface area contributed by atoms with Gasteiger partial charge < -0.3 is 29.5 Å². The predicted octanol–water partition coefficient (Wildman–Crippen LogP) is 6.15. The highest BCUT2D eigenvalue weighted by molar-refractivity contribution is 5.92. The van der Waals surface area contributed by atoms with E-state index in [-0.39, 0.29) is 37.4 Å². The van der Waals surface area contributed by atoms with Gasteiger partial charge in [-0.15, -0.1) is 0 Å². The first-order chi connectivity index (χ1) is 24.5. The molecule has 254 valence electrons. The maximum Gasteiger partial charge on any atom is 0.319 e. The van der Waals surface area contributed by atoms with E-state index in [0.29, 0.717) is 26.1 Å². The largest absolute Gasteiger partial charge is 0.497 e. The number of benzene rings is 5. The summed E-state index contributed by atoms with van der Waals surface area (Å²) in [6.07, 6.45) is -0.0612. The number of methoxy groups -OCH3 is 1. The SMILES string of the molecule is COc1ccc(COc2ccc(CNC(=O)N3CCC(=O)N4[C@@H]3CN(Cc3cccc5ccccc35)C(=O)[C@@H]4Cc3ccccc3)cc2)cc1. The van der Waals surface area contributed by atoms with Gasteiger partial charge in [-0.2, -0.15) is 0 Å². The van der Waals surface area contributed by atoms with E-state index in [1.165, 1.54) is 0 Å². The molecule has 0 saturated carbocycles. The average molecular weight is 669 g/mol. The third-order valence-corrected chi connectivity index (χ3v) is 9.56. The van der Waals surface area contributed by atoms with Gasteiger partial charge in [0.1, 0.15) is 30.3 Å². The molecule has 2 aliphatic rings. The molecule has 0 aromatic heterocycles. The van der Waals surface area contributed by atoms with Crippen LogP contribution in [0.3, 0.4) is 0 Å². The van der Waals surface area contributed by atoms with Gasteiger partial charge in [0.25, 0.3) is 0 Å². The molecule has 0 spiro atoms. The molecule has 1 N–H and O–H groups in total. The maximum absolute atomic E-state index is 14.2.